The molecule has 0 radical (unpaired) electrons. The van der Waals surface area contributed by atoms with Gasteiger partial charge < -0.3 is 10.1 Å². The van der Waals surface area contributed by atoms with Gasteiger partial charge >= 0.3 is 5.82 Å². The molecule has 0 aromatic carbocycles. The lowest BCUT2D eigenvalue weighted by molar-refractivity contribution is -0.389. The molecular formula is C6H2ClF2IN2O2. The maximum atomic E-state index is 12.3. The molecule has 0 aliphatic heterocycles. The molecule has 8 heteroatoms. The van der Waals surface area contributed by atoms with Crippen LogP contribution in [0.4, 0.5) is 14.6 Å². The molecule has 0 saturated carbocycles. The monoisotopic (exact) mass is 334 g/mol. The van der Waals surface area contributed by atoms with Crippen molar-refractivity contribution in [3.63, 3.8) is 0 Å². The Morgan fingerprint density at radius 3 is 2.64 bits per heavy atom. The molecular weight excluding hydrogens is 332 g/mol. The van der Waals surface area contributed by atoms with Gasteiger partial charge in [0, 0.05) is 0 Å². The summed E-state index contributed by atoms with van der Waals surface area (Å²) in [6, 6.07) is 0. The van der Waals surface area contributed by atoms with Crippen molar-refractivity contribution in [2.75, 3.05) is 0 Å². The van der Waals surface area contributed by atoms with Gasteiger partial charge in [-0.15, -0.1) is 0 Å². The van der Waals surface area contributed by atoms with Crippen LogP contribution >= 0.6 is 34.2 Å². The van der Waals surface area contributed by atoms with Gasteiger partial charge in [-0.25, -0.2) is 8.78 Å². The summed E-state index contributed by atoms with van der Waals surface area (Å²) in [5.41, 5.74) is -0.402. The lowest BCUT2D eigenvalue weighted by atomic mass is 10.3. The SMILES string of the molecule is O=[N+]([O-])c1ncc(C(F)F)c(I)c1Cl. The highest BCUT2D eigenvalue weighted by atomic mass is 127. The maximum absolute atomic E-state index is 12.3. The van der Waals surface area contributed by atoms with E-state index in [1.165, 1.54) is 22.6 Å². The zero-order valence-electron chi connectivity index (χ0n) is 6.38. The van der Waals surface area contributed by atoms with E-state index < -0.39 is 22.7 Å². The molecule has 0 aliphatic carbocycles. The van der Waals surface area contributed by atoms with Gasteiger partial charge in [0.15, 0.2) is 5.02 Å². The lowest BCUT2D eigenvalue weighted by Gasteiger charge is -2.02. The largest absolute Gasteiger partial charge is 0.383 e. The first-order valence-electron chi connectivity index (χ1n) is 3.21. The van der Waals surface area contributed by atoms with Crippen molar-refractivity contribution in [2.24, 2.45) is 0 Å². The van der Waals surface area contributed by atoms with E-state index in [-0.39, 0.29) is 8.59 Å². The van der Waals surface area contributed by atoms with Crippen LogP contribution in [0, 0.1) is 13.7 Å². The lowest BCUT2D eigenvalue weighted by Crippen LogP contribution is -1.99. The third-order valence-electron chi connectivity index (χ3n) is 1.38. The van der Waals surface area contributed by atoms with Crippen LogP contribution in [0.25, 0.3) is 0 Å². The van der Waals surface area contributed by atoms with Crippen molar-refractivity contribution in [1.82, 2.24) is 4.98 Å². The minimum absolute atomic E-state index is 0.0408. The third-order valence-corrected chi connectivity index (χ3v) is 3.22. The first-order chi connectivity index (χ1) is 6.45. The van der Waals surface area contributed by atoms with Gasteiger partial charge in [-0.1, -0.05) is 11.6 Å². The van der Waals surface area contributed by atoms with E-state index >= 15 is 0 Å². The van der Waals surface area contributed by atoms with E-state index in [1.807, 2.05) is 0 Å². The molecule has 1 aromatic rings. The predicted octanol–water partition coefficient (Wildman–Crippen LogP) is 3.19. The number of hydrogen-bond acceptors (Lipinski definition) is 3. The van der Waals surface area contributed by atoms with Crippen LogP contribution in [-0.2, 0) is 0 Å². The summed E-state index contributed by atoms with van der Waals surface area (Å²) in [5.74, 6) is -0.611. The summed E-state index contributed by atoms with van der Waals surface area (Å²) < 4.78 is 24.5. The van der Waals surface area contributed by atoms with Crippen LogP contribution in [0.1, 0.15) is 12.0 Å². The van der Waals surface area contributed by atoms with Crippen LogP contribution in [0.15, 0.2) is 6.20 Å². The van der Waals surface area contributed by atoms with E-state index in [9.17, 15) is 18.9 Å². The zero-order chi connectivity index (χ0) is 10.9. The Balaban J connectivity index is 3.33. The fourth-order valence-corrected chi connectivity index (χ4v) is 1.59. The molecule has 0 unspecified atom stereocenters. The topological polar surface area (TPSA) is 56.0 Å². The Bertz CT molecular complexity index is 388. The summed E-state index contributed by atoms with van der Waals surface area (Å²) in [4.78, 5) is 12.7. The second kappa shape index (κ2) is 4.30. The van der Waals surface area contributed by atoms with Gasteiger partial charge in [-0.2, -0.15) is 0 Å². The number of rotatable bonds is 2. The Kier molecular flexibility index (Phi) is 3.53. The van der Waals surface area contributed by atoms with Gasteiger partial charge in [0.25, 0.3) is 6.43 Å². The standard InChI is InChI=1S/C6H2ClF2IN2O2/c7-3-4(10)2(5(8)9)1-11-6(3)12(13)14/h1,5H. The molecule has 1 heterocycles. The second-order valence-electron chi connectivity index (χ2n) is 2.22. The van der Waals surface area contributed by atoms with Crippen LogP contribution in [-0.4, -0.2) is 9.91 Å². The molecule has 4 nitrogen and oxygen atoms in total. The minimum atomic E-state index is -2.74. The van der Waals surface area contributed by atoms with Crippen molar-refractivity contribution in [2.45, 2.75) is 6.43 Å². The van der Waals surface area contributed by atoms with Crippen molar-refractivity contribution >= 4 is 40.0 Å². The van der Waals surface area contributed by atoms with E-state index in [4.69, 9.17) is 11.6 Å². The Labute approximate surface area is 95.6 Å². The molecule has 14 heavy (non-hydrogen) atoms. The molecule has 0 saturated heterocycles. The Morgan fingerprint density at radius 1 is 1.64 bits per heavy atom. The van der Waals surface area contributed by atoms with Crippen molar-refractivity contribution in [3.05, 3.63) is 30.5 Å². The highest BCUT2D eigenvalue weighted by molar-refractivity contribution is 14.1. The maximum Gasteiger partial charge on any atom is 0.383 e. The minimum Gasteiger partial charge on any atom is -0.358 e. The molecule has 0 N–H and O–H groups in total. The average Bonchev–Trinajstić information content (AvgIpc) is 2.08. The van der Waals surface area contributed by atoms with Crippen LogP contribution in [0.5, 0.6) is 0 Å². The molecule has 0 atom stereocenters. The van der Waals surface area contributed by atoms with Crippen LogP contribution < -0.4 is 0 Å². The second-order valence-corrected chi connectivity index (χ2v) is 3.68. The number of hydrogen-bond donors (Lipinski definition) is 0. The number of pyridine rings is 1. The van der Waals surface area contributed by atoms with E-state index in [2.05, 4.69) is 4.98 Å². The molecule has 1 aromatic heterocycles. The van der Waals surface area contributed by atoms with E-state index in [0.29, 0.717) is 0 Å². The van der Waals surface area contributed by atoms with Gasteiger partial charge in [0.2, 0.25) is 0 Å². The first-order valence-corrected chi connectivity index (χ1v) is 4.67. The van der Waals surface area contributed by atoms with E-state index in [1.54, 1.807) is 0 Å². The Hall–Kier alpha value is -0.570. The molecule has 0 bridgehead atoms. The predicted molar refractivity (Wildman–Crippen MR) is 53.6 cm³/mol. The summed E-state index contributed by atoms with van der Waals surface area (Å²) >= 11 is 7.02. The quantitative estimate of drug-likeness (QED) is 0.474. The van der Waals surface area contributed by atoms with E-state index in [0.717, 1.165) is 6.20 Å². The van der Waals surface area contributed by atoms with Crippen LogP contribution in [0.3, 0.4) is 0 Å². The number of nitro groups is 1. The molecule has 0 amide bonds. The van der Waals surface area contributed by atoms with Gasteiger partial charge in [-0.3, -0.25) is 0 Å². The summed E-state index contributed by atoms with van der Waals surface area (Å²) in [5, 5.41) is 9.97. The zero-order valence-corrected chi connectivity index (χ0v) is 9.29. The number of nitrogens with zero attached hydrogens (tertiary/aromatic N) is 2. The Morgan fingerprint density at radius 2 is 2.21 bits per heavy atom. The van der Waals surface area contributed by atoms with Crippen LogP contribution in [0.2, 0.25) is 5.02 Å². The molecule has 0 spiro atoms. The normalized spacial score (nSPS) is 10.6. The van der Waals surface area contributed by atoms with Crippen molar-refractivity contribution < 1.29 is 13.7 Å². The summed E-state index contributed by atoms with van der Waals surface area (Å²) in [6.45, 7) is 0. The van der Waals surface area contributed by atoms with Gasteiger partial charge in [0.1, 0.15) is 6.20 Å². The molecule has 1 rings (SSSR count). The highest BCUT2D eigenvalue weighted by Crippen LogP contribution is 2.33. The van der Waals surface area contributed by atoms with Gasteiger partial charge in [-0.05, 0) is 32.5 Å². The summed E-state index contributed by atoms with van der Waals surface area (Å²) in [6.07, 6.45) is -1.98. The average molecular weight is 334 g/mol. The molecule has 76 valence electrons. The molecule has 0 aliphatic rings. The fraction of sp³-hybridized carbons (Fsp3) is 0.167. The first kappa shape index (κ1) is 11.5. The smallest absolute Gasteiger partial charge is 0.358 e. The van der Waals surface area contributed by atoms with Crippen molar-refractivity contribution in [1.29, 1.82) is 0 Å². The summed E-state index contributed by atoms with van der Waals surface area (Å²) in [7, 11) is 0. The molecule has 0 fully saturated rings. The van der Waals surface area contributed by atoms with Crippen molar-refractivity contribution in [3.8, 4) is 0 Å². The highest BCUT2D eigenvalue weighted by Gasteiger charge is 2.24. The number of aromatic nitrogens is 1. The fourth-order valence-electron chi connectivity index (χ4n) is 0.748. The van der Waals surface area contributed by atoms with Gasteiger partial charge in [0.05, 0.1) is 9.13 Å². The number of alkyl halides is 2. The third kappa shape index (κ3) is 2.08. The number of halogens is 4.